The maximum absolute atomic E-state index is 7.01. The average molecular weight is 717 g/mol. The van der Waals surface area contributed by atoms with E-state index in [0.717, 1.165) is 99.6 Å². The molecule has 0 spiro atoms. The first-order chi connectivity index (χ1) is 27.8. The Labute approximate surface area is 321 Å². The minimum atomic E-state index is 0.848. The van der Waals surface area contributed by atoms with Gasteiger partial charge in [0.05, 0.1) is 22.4 Å². The summed E-state index contributed by atoms with van der Waals surface area (Å²) in [6.07, 6.45) is 0. The summed E-state index contributed by atoms with van der Waals surface area (Å²) in [6, 6.07) is 68.9. The van der Waals surface area contributed by atoms with Gasteiger partial charge < -0.3 is 18.3 Å². The summed E-state index contributed by atoms with van der Waals surface area (Å²) in [5, 5.41) is 9.07. The van der Waals surface area contributed by atoms with Crippen LogP contribution >= 0.6 is 0 Å². The van der Waals surface area contributed by atoms with Crippen molar-refractivity contribution in [2.24, 2.45) is 0 Å². The molecule has 0 radical (unpaired) electrons. The van der Waals surface area contributed by atoms with Crippen LogP contribution in [-0.2, 0) is 0 Å². The molecular formula is C52H32N2O2. The first-order valence-corrected chi connectivity index (χ1v) is 19.0. The van der Waals surface area contributed by atoms with Gasteiger partial charge in [-0.05, 0) is 83.2 Å². The van der Waals surface area contributed by atoms with E-state index in [1.165, 1.54) is 10.8 Å². The zero-order chi connectivity index (χ0) is 36.7. The first kappa shape index (κ1) is 30.9. The Hall–Kier alpha value is -7.56. The lowest BCUT2D eigenvalue weighted by molar-refractivity contribution is 0.669. The van der Waals surface area contributed by atoms with Gasteiger partial charge in [-0.2, -0.15) is 0 Å². The lowest BCUT2D eigenvalue weighted by Crippen LogP contribution is -2.10. The predicted octanol–water partition coefficient (Wildman–Crippen LogP) is 14.9. The smallest absolute Gasteiger partial charge is 0.159 e. The van der Waals surface area contributed by atoms with Crippen LogP contribution in [0.3, 0.4) is 0 Å². The fourth-order valence-electron chi connectivity index (χ4n) is 8.94. The van der Waals surface area contributed by atoms with Gasteiger partial charge in [-0.25, -0.2) is 0 Å². The number of fused-ring (bicyclic) bond motifs is 11. The maximum Gasteiger partial charge on any atom is 0.159 e. The third-order valence-electron chi connectivity index (χ3n) is 11.4. The molecule has 3 aromatic heterocycles. The van der Waals surface area contributed by atoms with E-state index in [-0.39, 0.29) is 0 Å². The Bertz CT molecular complexity index is 3480. The SMILES string of the molecule is c1ccc(-n2c3ccccc3c3c(N(c4ccc(-c5cccc6oc7ccccc7c56)cc4)c4cccc5c4oc4c6ccccc6ccc54)cccc32)cc1. The molecule has 0 bridgehead atoms. The van der Waals surface area contributed by atoms with Crippen LogP contribution in [0.2, 0.25) is 0 Å². The van der Waals surface area contributed by atoms with Gasteiger partial charge in [-0.15, -0.1) is 0 Å². The van der Waals surface area contributed by atoms with Crippen LogP contribution in [0.5, 0.6) is 0 Å². The fourth-order valence-corrected chi connectivity index (χ4v) is 8.94. The summed E-state index contributed by atoms with van der Waals surface area (Å²) in [5.41, 5.74) is 12.3. The molecule has 0 atom stereocenters. The minimum Gasteiger partial charge on any atom is -0.456 e. The van der Waals surface area contributed by atoms with Crippen molar-refractivity contribution >= 4 is 93.5 Å². The molecule has 0 aliphatic heterocycles. The van der Waals surface area contributed by atoms with Crippen LogP contribution in [0, 0.1) is 0 Å². The molecule has 0 unspecified atom stereocenters. The molecule has 262 valence electrons. The predicted molar refractivity (Wildman–Crippen MR) is 233 cm³/mol. The monoisotopic (exact) mass is 716 g/mol. The molecule has 0 aliphatic carbocycles. The third kappa shape index (κ3) is 4.47. The van der Waals surface area contributed by atoms with Gasteiger partial charge in [0.25, 0.3) is 0 Å². The van der Waals surface area contributed by atoms with Crippen molar-refractivity contribution in [1.29, 1.82) is 0 Å². The zero-order valence-corrected chi connectivity index (χ0v) is 30.2. The summed E-state index contributed by atoms with van der Waals surface area (Å²) in [7, 11) is 0. The van der Waals surface area contributed by atoms with E-state index >= 15 is 0 Å². The fraction of sp³-hybridized carbons (Fsp3) is 0. The van der Waals surface area contributed by atoms with Crippen molar-refractivity contribution < 1.29 is 8.83 Å². The van der Waals surface area contributed by atoms with E-state index in [2.05, 4.69) is 191 Å². The highest BCUT2D eigenvalue weighted by atomic mass is 16.3. The van der Waals surface area contributed by atoms with E-state index in [1.54, 1.807) is 0 Å². The highest BCUT2D eigenvalue weighted by Crippen LogP contribution is 2.48. The number of anilines is 3. The number of furan rings is 2. The second-order valence-corrected chi connectivity index (χ2v) is 14.4. The van der Waals surface area contributed by atoms with Crippen LogP contribution in [0.4, 0.5) is 17.1 Å². The molecule has 4 heteroatoms. The molecule has 56 heavy (non-hydrogen) atoms. The topological polar surface area (TPSA) is 34.5 Å². The number of para-hydroxylation sites is 4. The zero-order valence-electron chi connectivity index (χ0n) is 30.2. The summed E-state index contributed by atoms with van der Waals surface area (Å²) in [6.45, 7) is 0. The van der Waals surface area contributed by atoms with E-state index in [1.807, 2.05) is 12.1 Å². The van der Waals surface area contributed by atoms with Crippen LogP contribution in [0.15, 0.2) is 203 Å². The van der Waals surface area contributed by atoms with E-state index in [9.17, 15) is 0 Å². The molecule has 9 aromatic carbocycles. The quantitative estimate of drug-likeness (QED) is 0.178. The molecule has 0 saturated carbocycles. The average Bonchev–Trinajstić information content (AvgIpc) is 3.95. The summed E-state index contributed by atoms with van der Waals surface area (Å²) < 4.78 is 15.7. The van der Waals surface area contributed by atoms with Crippen LogP contribution in [0.25, 0.3) is 93.3 Å². The summed E-state index contributed by atoms with van der Waals surface area (Å²) in [5.74, 6) is 0. The number of nitrogens with zero attached hydrogens (tertiary/aromatic N) is 2. The van der Waals surface area contributed by atoms with Gasteiger partial charge in [0, 0.05) is 49.1 Å². The molecule has 0 fully saturated rings. The van der Waals surface area contributed by atoms with Crippen molar-refractivity contribution in [3.05, 3.63) is 194 Å². The second kappa shape index (κ2) is 12.0. The molecule has 0 N–H and O–H groups in total. The normalized spacial score (nSPS) is 11.9. The van der Waals surface area contributed by atoms with Gasteiger partial charge in [0.2, 0.25) is 0 Å². The van der Waals surface area contributed by atoms with Crippen LogP contribution < -0.4 is 4.90 Å². The maximum atomic E-state index is 7.01. The highest BCUT2D eigenvalue weighted by molar-refractivity contribution is 6.20. The number of hydrogen-bond acceptors (Lipinski definition) is 3. The Morgan fingerprint density at radius 2 is 1.04 bits per heavy atom. The van der Waals surface area contributed by atoms with Gasteiger partial charge in [-0.1, -0.05) is 127 Å². The minimum absolute atomic E-state index is 0.848. The van der Waals surface area contributed by atoms with E-state index in [0.29, 0.717) is 0 Å². The van der Waals surface area contributed by atoms with Crippen molar-refractivity contribution in [2.75, 3.05) is 4.90 Å². The number of hydrogen-bond donors (Lipinski definition) is 0. The lowest BCUT2D eigenvalue weighted by atomic mass is 9.99. The number of aromatic nitrogens is 1. The van der Waals surface area contributed by atoms with Crippen molar-refractivity contribution in [1.82, 2.24) is 4.57 Å². The number of benzene rings is 9. The Balaban J connectivity index is 1.13. The molecule has 3 heterocycles. The Kier molecular flexibility index (Phi) is 6.60. The molecule has 0 amide bonds. The molecule has 12 rings (SSSR count). The first-order valence-electron chi connectivity index (χ1n) is 19.0. The highest BCUT2D eigenvalue weighted by Gasteiger charge is 2.24. The largest absolute Gasteiger partial charge is 0.456 e. The molecule has 0 saturated heterocycles. The number of rotatable bonds is 5. The molecule has 12 aromatic rings. The molecule has 0 aliphatic rings. The molecule has 4 nitrogen and oxygen atoms in total. The standard InChI is InChI=1S/C52H32N2O2/c1-2-14-35(15-3-1)53-43-21-8-6-17-41(43)50-44(53)22-12-23-45(50)54(46-24-10-20-39-40-32-29-33-13-4-5-16-38(33)51(40)56-52(39)46)36-30-27-34(28-31-36)37-19-11-26-48-49(37)42-18-7-9-25-47(42)55-48/h1-32H. The van der Waals surface area contributed by atoms with E-state index < -0.39 is 0 Å². The van der Waals surface area contributed by atoms with Gasteiger partial charge >= 0.3 is 0 Å². The lowest BCUT2D eigenvalue weighted by Gasteiger charge is -2.27. The third-order valence-corrected chi connectivity index (χ3v) is 11.4. The summed E-state index contributed by atoms with van der Waals surface area (Å²) in [4.78, 5) is 2.38. The Morgan fingerprint density at radius 1 is 0.375 bits per heavy atom. The van der Waals surface area contributed by atoms with Crippen LogP contribution in [-0.4, -0.2) is 4.57 Å². The van der Waals surface area contributed by atoms with E-state index in [4.69, 9.17) is 8.83 Å². The van der Waals surface area contributed by atoms with Crippen molar-refractivity contribution in [3.63, 3.8) is 0 Å². The van der Waals surface area contributed by atoms with Crippen molar-refractivity contribution in [3.8, 4) is 16.8 Å². The van der Waals surface area contributed by atoms with Crippen molar-refractivity contribution in [2.45, 2.75) is 0 Å². The summed E-state index contributed by atoms with van der Waals surface area (Å²) >= 11 is 0. The van der Waals surface area contributed by atoms with Crippen LogP contribution in [0.1, 0.15) is 0 Å². The van der Waals surface area contributed by atoms with Gasteiger partial charge in [-0.3, -0.25) is 0 Å². The van der Waals surface area contributed by atoms with Gasteiger partial charge in [0.1, 0.15) is 16.7 Å². The Morgan fingerprint density at radius 3 is 1.93 bits per heavy atom. The molecular weight excluding hydrogens is 685 g/mol. The van der Waals surface area contributed by atoms with Gasteiger partial charge in [0.15, 0.2) is 5.58 Å². The second-order valence-electron chi connectivity index (χ2n) is 14.4.